The van der Waals surface area contributed by atoms with Gasteiger partial charge in [0.1, 0.15) is 6.10 Å². The molecule has 0 aliphatic carbocycles. The highest BCUT2D eigenvalue weighted by Gasteiger charge is 2.25. The van der Waals surface area contributed by atoms with Crippen molar-refractivity contribution in [2.75, 3.05) is 26.7 Å². The van der Waals surface area contributed by atoms with Crippen molar-refractivity contribution in [3.05, 3.63) is 34.3 Å². The van der Waals surface area contributed by atoms with Gasteiger partial charge in [-0.3, -0.25) is 4.79 Å². The van der Waals surface area contributed by atoms with Crippen molar-refractivity contribution in [1.29, 1.82) is 0 Å². The molecule has 0 bridgehead atoms. The SMILES string of the molecule is C[C@H](Cc1ccccc1Br)NC(=O)[C@H]1CN(C)CCO1. The third kappa shape index (κ3) is 4.30. The van der Waals surface area contributed by atoms with Gasteiger partial charge in [-0.1, -0.05) is 34.1 Å². The summed E-state index contributed by atoms with van der Waals surface area (Å²) in [5.41, 5.74) is 1.20. The molecule has 0 unspecified atom stereocenters. The van der Waals surface area contributed by atoms with E-state index >= 15 is 0 Å². The van der Waals surface area contributed by atoms with Crippen LogP contribution in [0.2, 0.25) is 0 Å². The number of nitrogens with one attached hydrogen (secondary N) is 1. The standard InChI is InChI=1S/C15H21BrN2O2/c1-11(9-12-5-3-4-6-13(12)16)17-15(19)14-10-18(2)7-8-20-14/h3-6,11,14H,7-10H2,1-2H3,(H,17,19)/t11-,14-/m1/s1. The summed E-state index contributed by atoms with van der Waals surface area (Å²) < 4.78 is 6.60. The van der Waals surface area contributed by atoms with E-state index in [0.717, 1.165) is 17.4 Å². The van der Waals surface area contributed by atoms with E-state index in [1.165, 1.54) is 5.56 Å². The molecule has 1 aromatic rings. The molecular weight excluding hydrogens is 320 g/mol. The zero-order chi connectivity index (χ0) is 14.5. The number of likely N-dealkylation sites (N-methyl/N-ethyl adjacent to an activating group) is 1. The van der Waals surface area contributed by atoms with Crippen LogP contribution in [0, 0.1) is 0 Å². The van der Waals surface area contributed by atoms with Gasteiger partial charge in [-0.25, -0.2) is 0 Å². The molecule has 20 heavy (non-hydrogen) atoms. The minimum Gasteiger partial charge on any atom is -0.366 e. The van der Waals surface area contributed by atoms with Crippen LogP contribution in [-0.2, 0) is 16.0 Å². The normalized spacial score (nSPS) is 21.4. The average molecular weight is 341 g/mol. The van der Waals surface area contributed by atoms with Crippen molar-refractivity contribution in [1.82, 2.24) is 10.2 Å². The maximum absolute atomic E-state index is 12.2. The smallest absolute Gasteiger partial charge is 0.250 e. The molecule has 5 heteroatoms. The summed E-state index contributed by atoms with van der Waals surface area (Å²) >= 11 is 3.53. The van der Waals surface area contributed by atoms with Crippen LogP contribution < -0.4 is 5.32 Å². The molecular formula is C15H21BrN2O2. The minimum atomic E-state index is -0.351. The number of benzene rings is 1. The van der Waals surface area contributed by atoms with Gasteiger partial charge in [-0.05, 0) is 32.0 Å². The Hall–Kier alpha value is -0.910. The number of ether oxygens (including phenoxy) is 1. The van der Waals surface area contributed by atoms with E-state index in [4.69, 9.17) is 4.74 Å². The fraction of sp³-hybridized carbons (Fsp3) is 0.533. The summed E-state index contributed by atoms with van der Waals surface area (Å²) in [6.07, 6.45) is 0.450. The van der Waals surface area contributed by atoms with Crippen LogP contribution in [-0.4, -0.2) is 49.7 Å². The summed E-state index contributed by atoms with van der Waals surface area (Å²) in [5, 5.41) is 3.03. The quantitative estimate of drug-likeness (QED) is 0.909. The molecule has 1 heterocycles. The van der Waals surface area contributed by atoms with Gasteiger partial charge in [0.05, 0.1) is 6.61 Å². The largest absolute Gasteiger partial charge is 0.366 e. The number of carbonyl (C=O) groups is 1. The van der Waals surface area contributed by atoms with Crippen LogP contribution in [0.3, 0.4) is 0 Å². The predicted molar refractivity (Wildman–Crippen MR) is 82.7 cm³/mol. The molecule has 0 spiro atoms. The Labute approximate surface area is 128 Å². The number of rotatable bonds is 4. The van der Waals surface area contributed by atoms with Gasteiger partial charge in [0.15, 0.2) is 0 Å². The number of hydrogen-bond donors (Lipinski definition) is 1. The van der Waals surface area contributed by atoms with Crippen LogP contribution >= 0.6 is 15.9 Å². The molecule has 1 aliphatic rings. The second-order valence-electron chi connectivity index (χ2n) is 5.33. The zero-order valence-corrected chi connectivity index (χ0v) is 13.5. The van der Waals surface area contributed by atoms with Gasteiger partial charge in [0, 0.05) is 23.6 Å². The van der Waals surface area contributed by atoms with Crippen molar-refractivity contribution in [2.24, 2.45) is 0 Å². The van der Waals surface area contributed by atoms with Gasteiger partial charge in [-0.15, -0.1) is 0 Å². The van der Waals surface area contributed by atoms with Crippen LogP contribution in [0.4, 0.5) is 0 Å². The predicted octanol–water partition coefficient (Wildman–Crippen LogP) is 1.83. The van der Waals surface area contributed by atoms with E-state index in [9.17, 15) is 4.79 Å². The Morgan fingerprint density at radius 3 is 3.00 bits per heavy atom. The molecule has 2 atom stereocenters. The van der Waals surface area contributed by atoms with Crippen LogP contribution in [0.5, 0.6) is 0 Å². The molecule has 0 aromatic heterocycles. The Bertz CT molecular complexity index is 467. The molecule has 2 rings (SSSR count). The monoisotopic (exact) mass is 340 g/mol. The van der Waals surface area contributed by atoms with Crippen molar-refractivity contribution in [2.45, 2.75) is 25.5 Å². The van der Waals surface area contributed by atoms with E-state index in [1.54, 1.807) is 0 Å². The Morgan fingerprint density at radius 1 is 1.55 bits per heavy atom. The molecule has 0 radical (unpaired) electrons. The van der Waals surface area contributed by atoms with Gasteiger partial charge in [0.2, 0.25) is 0 Å². The van der Waals surface area contributed by atoms with Crippen LogP contribution in [0.15, 0.2) is 28.7 Å². The molecule has 1 saturated heterocycles. The van der Waals surface area contributed by atoms with Gasteiger partial charge in [0.25, 0.3) is 5.91 Å². The zero-order valence-electron chi connectivity index (χ0n) is 11.9. The molecule has 1 N–H and O–H groups in total. The van der Waals surface area contributed by atoms with E-state index < -0.39 is 0 Å². The van der Waals surface area contributed by atoms with E-state index in [0.29, 0.717) is 13.2 Å². The Balaban J connectivity index is 1.86. The molecule has 1 aliphatic heterocycles. The lowest BCUT2D eigenvalue weighted by atomic mass is 10.1. The van der Waals surface area contributed by atoms with E-state index in [1.807, 2.05) is 32.2 Å². The lowest BCUT2D eigenvalue weighted by Gasteiger charge is -2.30. The molecule has 110 valence electrons. The number of hydrogen-bond acceptors (Lipinski definition) is 3. The topological polar surface area (TPSA) is 41.6 Å². The summed E-state index contributed by atoms with van der Waals surface area (Å²) in [6.45, 7) is 4.18. The molecule has 0 saturated carbocycles. The summed E-state index contributed by atoms with van der Waals surface area (Å²) in [6, 6.07) is 8.16. The lowest BCUT2D eigenvalue weighted by molar-refractivity contribution is -0.138. The fourth-order valence-corrected chi connectivity index (χ4v) is 2.76. The number of morpholine rings is 1. The third-order valence-electron chi connectivity index (χ3n) is 3.43. The lowest BCUT2D eigenvalue weighted by Crippen LogP contribution is -2.50. The Kier molecular flexibility index (Phi) is 5.57. The van der Waals surface area contributed by atoms with Crippen LogP contribution in [0.1, 0.15) is 12.5 Å². The minimum absolute atomic E-state index is 0.0175. The number of nitrogens with zero attached hydrogens (tertiary/aromatic N) is 1. The second kappa shape index (κ2) is 7.20. The van der Waals surface area contributed by atoms with Crippen molar-refractivity contribution >= 4 is 21.8 Å². The number of carbonyl (C=O) groups excluding carboxylic acids is 1. The first kappa shape index (κ1) is 15.5. The van der Waals surface area contributed by atoms with Gasteiger partial charge < -0.3 is 15.0 Å². The highest BCUT2D eigenvalue weighted by molar-refractivity contribution is 9.10. The highest BCUT2D eigenvalue weighted by Crippen LogP contribution is 2.17. The summed E-state index contributed by atoms with van der Waals surface area (Å²) in [7, 11) is 2.01. The molecule has 1 amide bonds. The van der Waals surface area contributed by atoms with Crippen LogP contribution in [0.25, 0.3) is 0 Å². The summed E-state index contributed by atoms with van der Waals surface area (Å²) in [5.74, 6) is -0.0175. The van der Waals surface area contributed by atoms with E-state index in [-0.39, 0.29) is 18.1 Å². The summed E-state index contributed by atoms with van der Waals surface area (Å²) in [4.78, 5) is 14.3. The van der Waals surface area contributed by atoms with Gasteiger partial charge >= 0.3 is 0 Å². The van der Waals surface area contributed by atoms with Gasteiger partial charge in [-0.2, -0.15) is 0 Å². The first-order chi connectivity index (χ1) is 9.56. The molecule has 1 fully saturated rings. The first-order valence-corrected chi connectivity index (χ1v) is 7.69. The number of halogens is 1. The third-order valence-corrected chi connectivity index (χ3v) is 4.21. The van der Waals surface area contributed by atoms with Crippen molar-refractivity contribution < 1.29 is 9.53 Å². The highest BCUT2D eigenvalue weighted by atomic mass is 79.9. The van der Waals surface area contributed by atoms with Crippen molar-refractivity contribution in [3.63, 3.8) is 0 Å². The maximum Gasteiger partial charge on any atom is 0.250 e. The maximum atomic E-state index is 12.2. The first-order valence-electron chi connectivity index (χ1n) is 6.90. The second-order valence-corrected chi connectivity index (χ2v) is 6.18. The molecule has 1 aromatic carbocycles. The molecule has 4 nitrogen and oxygen atoms in total. The number of amides is 1. The van der Waals surface area contributed by atoms with Crippen molar-refractivity contribution in [3.8, 4) is 0 Å². The fourth-order valence-electron chi connectivity index (χ4n) is 2.32. The average Bonchev–Trinajstić information content (AvgIpc) is 2.41. The van der Waals surface area contributed by atoms with E-state index in [2.05, 4.69) is 32.2 Å². The Morgan fingerprint density at radius 2 is 2.30 bits per heavy atom.